The summed E-state index contributed by atoms with van der Waals surface area (Å²) in [5, 5.41) is 16.1. The van der Waals surface area contributed by atoms with Crippen molar-refractivity contribution in [2.75, 3.05) is 6.61 Å². The Morgan fingerprint density at radius 2 is 2.04 bits per heavy atom. The standard InChI is InChI=1S/C17H18ClN3O2S/c1-12-7-16(13(2)24-12)17(22,8-21-11-19-10-20-21)9-23-15-5-3-14(18)4-6-15/h3-7,10-11,22H,8-9H2,1-2H3. The van der Waals surface area contributed by atoms with Crippen molar-refractivity contribution in [3.8, 4) is 5.75 Å². The normalized spacial score (nSPS) is 13.7. The number of aromatic nitrogens is 3. The third kappa shape index (κ3) is 3.77. The van der Waals surface area contributed by atoms with E-state index in [1.54, 1.807) is 46.6 Å². The summed E-state index contributed by atoms with van der Waals surface area (Å²) in [5.41, 5.74) is -0.350. The number of nitrogens with zero attached hydrogens (tertiary/aromatic N) is 3. The molecule has 5 nitrogen and oxygen atoms in total. The molecule has 0 amide bonds. The van der Waals surface area contributed by atoms with Gasteiger partial charge in [-0.2, -0.15) is 5.10 Å². The SMILES string of the molecule is Cc1cc(C(O)(COc2ccc(Cl)cc2)Cn2cncn2)c(C)s1. The maximum absolute atomic E-state index is 11.3. The van der Waals surface area contributed by atoms with E-state index in [-0.39, 0.29) is 13.2 Å². The smallest absolute Gasteiger partial charge is 0.144 e. The van der Waals surface area contributed by atoms with Gasteiger partial charge in [-0.15, -0.1) is 11.3 Å². The highest BCUT2D eigenvalue weighted by molar-refractivity contribution is 7.12. The first-order valence-electron chi connectivity index (χ1n) is 7.47. The fourth-order valence-corrected chi connectivity index (χ4v) is 3.76. The number of ether oxygens (including phenoxy) is 1. The molecular formula is C17H18ClN3O2S. The Hall–Kier alpha value is -1.89. The van der Waals surface area contributed by atoms with Crippen LogP contribution in [0.5, 0.6) is 5.75 Å². The monoisotopic (exact) mass is 363 g/mol. The number of halogens is 1. The van der Waals surface area contributed by atoms with Crippen molar-refractivity contribution in [2.45, 2.75) is 26.0 Å². The number of rotatable bonds is 6. The molecule has 7 heteroatoms. The largest absolute Gasteiger partial charge is 0.490 e. The van der Waals surface area contributed by atoms with Crippen molar-refractivity contribution in [3.63, 3.8) is 0 Å². The second kappa shape index (κ2) is 6.93. The molecule has 0 radical (unpaired) electrons. The van der Waals surface area contributed by atoms with Gasteiger partial charge >= 0.3 is 0 Å². The number of aliphatic hydroxyl groups is 1. The zero-order valence-corrected chi connectivity index (χ0v) is 15.0. The van der Waals surface area contributed by atoms with Crippen molar-refractivity contribution >= 4 is 22.9 Å². The molecule has 126 valence electrons. The van der Waals surface area contributed by atoms with Gasteiger partial charge in [-0.3, -0.25) is 0 Å². The van der Waals surface area contributed by atoms with Crippen molar-refractivity contribution < 1.29 is 9.84 Å². The maximum Gasteiger partial charge on any atom is 0.144 e. The minimum absolute atomic E-state index is 0.103. The average molecular weight is 364 g/mol. The molecule has 0 spiro atoms. The first-order valence-corrected chi connectivity index (χ1v) is 8.66. The van der Waals surface area contributed by atoms with Gasteiger partial charge in [0.15, 0.2) is 0 Å². The summed E-state index contributed by atoms with van der Waals surface area (Å²) in [4.78, 5) is 6.15. The molecule has 24 heavy (non-hydrogen) atoms. The number of hydrogen-bond donors (Lipinski definition) is 1. The summed E-state index contributed by atoms with van der Waals surface area (Å²) in [6.45, 7) is 4.39. The lowest BCUT2D eigenvalue weighted by molar-refractivity contribution is -0.0271. The van der Waals surface area contributed by atoms with Gasteiger partial charge < -0.3 is 9.84 Å². The van der Waals surface area contributed by atoms with Crippen LogP contribution in [0.2, 0.25) is 5.02 Å². The molecule has 2 aromatic heterocycles. The molecule has 0 saturated heterocycles. The number of aryl methyl sites for hydroxylation is 2. The van der Waals surface area contributed by atoms with Gasteiger partial charge in [0.25, 0.3) is 0 Å². The van der Waals surface area contributed by atoms with Gasteiger partial charge in [0.2, 0.25) is 0 Å². The fraction of sp³-hybridized carbons (Fsp3) is 0.294. The van der Waals surface area contributed by atoms with Crippen molar-refractivity contribution in [1.82, 2.24) is 14.8 Å². The van der Waals surface area contributed by atoms with Crippen LogP contribution in [0.25, 0.3) is 0 Å². The molecule has 0 saturated carbocycles. The minimum Gasteiger partial charge on any atom is -0.490 e. The maximum atomic E-state index is 11.3. The fourth-order valence-electron chi connectivity index (χ4n) is 2.62. The summed E-state index contributed by atoms with van der Waals surface area (Å²) in [7, 11) is 0. The van der Waals surface area contributed by atoms with Crippen LogP contribution >= 0.6 is 22.9 Å². The molecule has 2 heterocycles. The Morgan fingerprint density at radius 1 is 1.29 bits per heavy atom. The van der Waals surface area contributed by atoms with Crippen LogP contribution in [0, 0.1) is 13.8 Å². The molecule has 0 aliphatic heterocycles. The van der Waals surface area contributed by atoms with Gasteiger partial charge in [0.05, 0.1) is 6.54 Å². The van der Waals surface area contributed by atoms with Crippen LogP contribution in [0.4, 0.5) is 0 Å². The van der Waals surface area contributed by atoms with Gasteiger partial charge in [-0.1, -0.05) is 11.6 Å². The first kappa shape index (κ1) is 17.0. The topological polar surface area (TPSA) is 60.2 Å². The highest BCUT2D eigenvalue weighted by atomic mass is 35.5. The second-order valence-corrected chi connectivity index (χ2v) is 7.59. The predicted molar refractivity (Wildman–Crippen MR) is 94.7 cm³/mol. The van der Waals surface area contributed by atoms with Crippen molar-refractivity contribution in [2.24, 2.45) is 0 Å². The Labute approximate surface area is 149 Å². The molecule has 0 aliphatic rings. The first-order chi connectivity index (χ1) is 11.5. The third-order valence-electron chi connectivity index (χ3n) is 3.72. The van der Waals surface area contributed by atoms with Gasteiger partial charge in [0, 0.05) is 20.3 Å². The van der Waals surface area contributed by atoms with Crippen LogP contribution in [-0.4, -0.2) is 26.5 Å². The lowest BCUT2D eigenvalue weighted by atomic mass is 9.95. The lowest BCUT2D eigenvalue weighted by Gasteiger charge is -2.28. The van der Waals surface area contributed by atoms with E-state index in [1.807, 2.05) is 19.9 Å². The molecule has 3 aromatic rings. The Balaban J connectivity index is 1.86. The third-order valence-corrected chi connectivity index (χ3v) is 4.94. The predicted octanol–water partition coefficient (Wildman–Crippen LogP) is 3.58. The molecular weight excluding hydrogens is 346 g/mol. The van der Waals surface area contributed by atoms with E-state index in [4.69, 9.17) is 16.3 Å². The van der Waals surface area contributed by atoms with Gasteiger partial charge in [-0.05, 0) is 44.2 Å². The summed E-state index contributed by atoms with van der Waals surface area (Å²) in [6, 6.07) is 9.08. The number of benzene rings is 1. The molecule has 1 atom stereocenters. The Kier molecular flexibility index (Phi) is 4.89. The molecule has 0 fully saturated rings. The minimum atomic E-state index is -1.21. The number of hydrogen-bond acceptors (Lipinski definition) is 5. The summed E-state index contributed by atoms with van der Waals surface area (Å²) in [5.74, 6) is 0.654. The zero-order valence-electron chi connectivity index (χ0n) is 13.4. The highest BCUT2D eigenvalue weighted by Gasteiger charge is 2.34. The van der Waals surface area contributed by atoms with Crippen molar-refractivity contribution in [1.29, 1.82) is 0 Å². The van der Waals surface area contributed by atoms with Crippen LogP contribution in [0.15, 0.2) is 43.0 Å². The summed E-state index contributed by atoms with van der Waals surface area (Å²) < 4.78 is 7.44. The summed E-state index contributed by atoms with van der Waals surface area (Å²) >= 11 is 7.55. The van der Waals surface area contributed by atoms with Crippen LogP contribution in [-0.2, 0) is 12.1 Å². The molecule has 0 bridgehead atoms. The van der Waals surface area contributed by atoms with Gasteiger partial charge in [-0.25, -0.2) is 9.67 Å². The molecule has 0 aliphatic carbocycles. The summed E-state index contributed by atoms with van der Waals surface area (Å²) in [6.07, 6.45) is 3.04. The second-order valence-electron chi connectivity index (χ2n) is 5.69. The Morgan fingerprint density at radius 3 is 2.62 bits per heavy atom. The van der Waals surface area contributed by atoms with E-state index in [1.165, 1.54) is 6.33 Å². The molecule has 1 N–H and O–H groups in total. The molecule has 1 aromatic carbocycles. The van der Waals surface area contributed by atoms with E-state index in [9.17, 15) is 5.11 Å². The van der Waals surface area contributed by atoms with Crippen molar-refractivity contribution in [3.05, 3.63) is 63.3 Å². The van der Waals surface area contributed by atoms with Gasteiger partial charge in [0.1, 0.15) is 30.6 Å². The average Bonchev–Trinajstić information content (AvgIpc) is 3.16. The Bertz CT molecular complexity index is 802. The van der Waals surface area contributed by atoms with E-state index < -0.39 is 5.60 Å². The van der Waals surface area contributed by atoms with Crippen LogP contribution in [0.1, 0.15) is 15.3 Å². The van der Waals surface area contributed by atoms with Crippen LogP contribution in [0.3, 0.4) is 0 Å². The zero-order chi connectivity index (χ0) is 17.2. The molecule has 1 unspecified atom stereocenters. The van der Waals surface area contributed by atoms with E-state index in [0.717, 1.165) is 15.3 Å². The van der Waals surface area contributed by atoms with E-state index in [0.29, 0.717) is 10.8 Å². The highest BCUT2D eigenvalue weighted by Crippen LogP contribution is 2.33. The number of thiophene rings is 1. The quantitative estimate of drug-likeness (QED) is 0.727. The lowest BCUT2D eigenvalue weighted by Crippen LogP contribution is -2.38. The van der Waals surface area contributed by atoms with E-state index >= 15 is 0 Å². The van der Waals surface area contributed by atoms with E-state index in [2.05, 4.69) is 10.1 Å². The van der Waals surface area contributed by atoms with Crippen LogP contribution < -0.4 is 4.74 Å². The molecule has 3 rings (SSSR count).